The van der Waals surface area contributed by atoms with Crippen LogP contribution < -0.4 is 0 Å². The summed E-state index contributed by atoms with van der Waals surface area (Å²) in [6, 6.07) is 9.50. The van der Waals surface area contributed by atoms with Crippen LogP contribution in [0, 0.1) is 13.8 Å². The highest BCUT2D eigenvalue weighted by Crippen LogP contribution is 2.40. The van der Waals surface area contributed by atoms with Crippen molar-refractivity contribution in [1.29, 1.82) is 0 Å². The van der Waals surface area contributed by atoms with Crippen LogP contribution >= 0.6 is 0 Å². The summed E-state index contributed by atoms with van der Waals surface area (Å²) in [7, 11) is 0. The van der Waals surface area contributed by atoms with Crippen molar-refractivity contribution in [1.82, 2.24) is 0 Å². The molecule has 0 saturated heterocycles. The van der Waals surface area contributed by atoms with E-state index < -0.39 is 0 Å². The zero-order chi connectivity index (χ0) is 23.1. The van der Waals surface area contributed by atoms with Crippen LogP contribution in [0.3, 0.4) is 0 Å². The number of rotatable bonds is 1. The molecule has 0 bridgehead atoms. The molecule has 2 aromatic rings. The molecule has 186 valence electrons. The third-order valence-electron chi connectivity index (χ3n) is 5.73. The first-order valence-electron chi connectivity index (χ1n) is 13.0. The molecule has 0 radical (unpaired) electrons. The molecule has 0 saturated carbocycles. The van der Waals surface area contributed by atoms with Gasteiger partial charge in [-0.25, -0.2) is 0 Å². The van der Waals surface area contributed by atoms with Crippen molar-refractivity contribution in [2.75, 3.05) is 0 Å². The monoisotopic (exact) mass is 442 g/mol. The molecule has 2 aliphatic carbocycles. The third kappa shape index (κ3) is 8.42. The predicted molar refractivity (Wildman–Crippen MR) is 153 cm³/mol. The van der Waals surface area contributed by atoms with Crippen molar-refractivity contribution in [3.63, 3.8) is 0 Å². The zero-order valence-corrected chi connectivity index (χ0v) is 22.0. The van der Waals surface area contributed by atoms with Crippen molar-refractivity contribution in [3.8, 4) is 11.1 Å². The van der Waals surface area contributed by atoms with Crippen molar-refractivity contribution in [3.05, 3.63) is 57.6 Å². The molecule has 4 rings (SSSR count). The van der Waals surface area contributed by atoms with Crippen LogP contribution in [0.4, 0.5) is 0 Å². The Morgan fingerprint density at radius 3 is 1.03 bits per heavy atom. The van der Waals surface area contributed by atoms with Crippen LogP contribution in [0.15, 0.2) is 24.3 Å². The molecule has 0 N–H and O–H groups in total. The summed E-state index contributed by atoms with van der Waals surface area (Å²) in [6.45, 7) is 20.6. The molecule has 0 fully saturated rings. The lowest BCUT2D eigenvalue weighted by Crippen LogP contribution is -2.10. The van der Waals surface area contributed by atoms with Crippen molar-refractivity contribution in [2.24, 2.45) is 0 Å². The molecule has 0 unspecified atom stereocenters. The van der Waals surface area contributed by atoms with Crippen molar-refractivity contribution >= 4 is 0 Å². The van der Waals surface area contributed by atoms with E-state index >= 15 is 0 Å². The van der Waals surface area contributed by atoms with Crippen LogP contribution in [-0.4, -0.2) is 0 Å². The Morgan fingerprint density at radius 1 is 0.438 bits per heavy atom. The van der Waals surface area contributed by atoms with Gasteiger partial charge in [0.2, 0.25) is 0 Å². The summed E-state index contributed by atoms with van der Waals surface area (Å²) >= 11 is 0. The fourth-order valence-electron chi connectivity index (χ4n) is 4.59. The second-order valence-corrected chi connectivity index (χ2v) is 7.20. The lowest BCUT2D eigenvalue weighted by Gasteiger charge is -2.27. The lowest BCUT2D eigenvalue weighted by atomic mass is 9.78. The molecule has 0 spiro atoms. The average Bonchev–Trinajstić information content (AvgIpc) is 2.85. The lowest BCUT2D eigenvalue weighted by molar-refractivity contribution is 0.680. The topological polar surface area (TPSA) is 0 Å². The summed E-state index contributed by atoms with van der Waals surface area (Å²) < 4.78 is 0. The van der Waals surface area contributed by atoms with Crippen LogP contribution in [0.5, 0.6) is 0 Å². The zero-order valence-electron chi connectivity index (χ0n) is 22.0. The molecular weight excluding hydrogens is 384 g/mol. The summed E-state index contributed by atoms with van der Waals surface area (Å²) in [6.07, 6.45) is 10.5. The first-order chi connectivity index (χ1) is 14.8. The summed E-state index contributed by atoms with van der Waals surface area (Å²) in [4.78, 5) is 0. The van der Waals surface area contributed by atoms with E-state index in [1.807, 2.05) is 55.4 Å². The Kier molecular flexibility index (Phi) is 22.0. The van der Waals surface area contributed by atoms with E-state index in [2.05, 4.69) is 38.1 Å². The maximum Gasteiger partial charge on any atom is -0.0114 e. The number of aryl methyl sites for hydroxylation is 4. The smallest absolute Gasteiger partial charge is 0.0114 e. The van der Waals surface area contributed by atoms with Crippen LogP contribution in [0.1, 0.15) is 129 Å². The molecule has 2 aromatic carbocycles. The largest absolute Gasteiger partial charge is 0.0776 e. The minimum atomic E-state index is 0. The summed E-state index contributed by atoms with van der Waals surface area (Å²) in [5.41, 5.74) is 12.7. The fourth-order valence-corrected chi connectivity index (χ4v) is 4.59. The molecule has 32 heavy (non-hydrogen) atoms. The minimum Gasteiger partial charge on any atom is -0.0776 e. The van der Waals surface area contributed by atoms with E-state index in [4.69, 9.17) is 0 Å². The van der Waals surface area contributed by atoms with Crippen LogP contribution in [0.2, 0.25) is 0 Å². The van der Waals surface area contributed by atoms with E-state index in [9.17, 15) is 0 Å². The Bertz CT molecular complexity index is 658. The molecule has 2 aliphatic rings. The maximum absolute atomic E-state index is 2.39. The van der Waals surface area contributed by atoms with E-state index in [1.165, 1.54) is 62.5 Å². The Labute approximate surface area is 204 Å². The Balaban J connectivity index is -0.000000764. The number of benzene rings is 2. The van der Waals surface area contributed by atoms with Gasteiger partial charge in [0.1, 0.15) is 0 Å². The van der Waals surface area contributed by atoms with Gasteiger partial charge in [-0.2, -0.15) is 0 Å². The van der Waals surface area contributed by atoms with Crippen LogP contribution in [-0.2, 0) is 25.7 Å². The van der Waals surface area contributed by atoms with Gasteiger partial charge in [-0.3, -0.25) is 0 Å². The molecule has 0 amide bonds. The highest BCUT2D eigenvalue weighted by molar-refractivity contribution is 5.79. The standard InChI is InChI=1S/C22H26.4C2H6.2CH4/c1-15-11-13-17-7-3-5-9-19(17)21(15)22-16(2)12-14-18-8-4-6-10-20(18)22;4*1-2;;/h11-14H,3-10H2,1-2H3;4*1-2H3;2*1H4. The second-order valence-electron chi connectivity index (χ2n) is 7.20. The van der Waals surface area contributed by atoms with Gasteiger partial charge in [-0.05, 0) is 110 Å². The SMILES string of the molecule is C.C.CC.CC.CC.CC.Cc1ccc2c(c1-c1c(C)ccc3c1CCCC3)CCCC2. The summed E-state index contributed by atoms with van der Waals surface area (Å²) in [5.74, 6) is 0. The first-order valence-corrected chi connectivity index (χ1v) is 13.0. The van der Waals surface area contributed by atoms with Crippen molar-refractivity contribution < 1.29 is 0 Å². The number of hydrogen-bond acceptors (Lipinski definition) is 0. The van der Waals surface area contributed by atoms with Gasteiger partial charge in [0.15, 0.2) is 0 Å². The highest BCUT2D eigenvalue weighted by Gasteiger charge is 2.22. The first kappa shape index (κ1) is 35.0. The summed E-state index contributed by atoms with van der Waals surface area (Å²) in [5, 5.41) is 0. The Hall–Kier alpha value is -1.56. The maximum atomic E-state index is 2.39. The Morgan fingerprint density at radius 2 is 0.719 bits per heavy atom. The van der Waals surface area contributed by atoms with Gasteiger partial charge in [0.25, 0.3) is 0 Å². The molecule has 0 atom stereocenters. The minimum absolute atomic E-state index is 0. The van der Waals surface area contributed by atoms with Gasteiger partial charge in [-0.1, -0.05) is 94.5 Å². The quantitative estimate of drug-likeness (QED) is 0.412. The molecule has 0 aromatic heterocycles. The molecule has 0 heteroatoms. The normalized spacial score (nSPS) is 12.4. The van der Waals surface area contributed by atoms with Gasteiger partial charge >= 0.3 is 0 Å². The van der Waals surface area contributed by atoms with Gasteiger partial charge in [0.05, 0.1) is 0 Å². The van der Waals surface area contributed by atoms with Gasteiger partial charge in [-0.15, -0.1) is 0 Å². The third-order valence-corrected chi connectivity index (χ3v) is 5.73. The van der Waals surface area contributed by atoms with E-state index in [-0.39, 0.29) is 14.9 Å². The van der Waals surface area contributed by atoms with E-state index in [1.54, 1.807) is 33.4 Å². The van der Waals surface area contributed by atoms with E-state index in [0.29, 0.717) is 0 Å². The number of fused-ring (bicyclic) bond motifs is 2. The molecule has 0 heterocycles. The van der Waals surface area contributed by atoms with Crippen LogP contribution in [0.25, 0.3) is 11.1 Å². The molecule has 0 nitrogen and oxygen atoms in total. The predicted octanol–water partition coefficient (Wildman–Crippen LogP) is 11.1. The second kappa shape index (κ2) is 20.1. The highest BCUT2D eigenvalue weighted by atomic mass is 14.3. The van der Waals surface area contributed by atoms with Crippen molar-refractivity contribution in [2.45, 2.75) is 135 Å². The molecule has 0 aliphatic heterocycles. The van der Waals surface area contributed by atoms with E-state index in [0.717, 1.165) is 0 Å². The van der Waals surface area contributed by atoms with Gasteiger partial charge in [0, 0.05) is 0 Å². The average molecular weight is 443 g/mol. The van der Waals surface area contributed by atoms with Gasteiger partial charge < -0.3 is 0 Å². The fraction of sp³-hybridized carbons (Fsp3) is 0.625. The number of hydrogen-bond donors (Lipinski definition) is 0. The molecular formula is C32H58.